The Hall–Kier alpha value is -3.01. The monoisotopic (exact) mass is 468 g/mol. The van der Waals surface area contributed by atoms with Crippen molar-refractivity contribution >= 4 is 40.0 Å². The van der Waals surface area contributed by atoms with Crippen LogP contribution in [0, 0.1) is 11.8 Å². The summed E-state index contributed by atoms with van der Waals surface area (Å²) in [6, 6.07) is 7.72. The Morgan fingerprint density at radius 1 is 1.15 bits per heavy atom. The highest BCUT2D eigenvalue weighted by atomic mass is 32.2. The molecule has 1 aromatic carbocycles. The highest BCUT2D eigenvalue weighted by Crippen LogP contribution is 2.29. The summed E-state index contributed by atoms with van der Waals surface area (Å²) in [5.74, 6) is 2.63. The molecule has 9 nitrogen and oxygen atoms in total. The van der Waals surface area contributed by atoms with E-state index < -0.39 is 11.2 Å². The van der Waals surface area contributed by atoms with Gasteiger partial charge in [-0.2, -0.15) is 4.98 Å². The largest absolute Gasteiger partial charge is 0.431 e. The molecular formula is C23H28N6O3S. The molecule has 0 bridgehead atoms. The summed E-state index contributed by atoms with van der Waals surface area (Å²) in [6.07, 6.45) is 1.97. The molecule has 1 N–H and O–H groups in total. The molecule has 1 fully saturated rings. The molecule has 1 saturated heterocycles. The number of nitrogens with one attached hydrogen (secondary N) is 1. The number of para-hydroxylation sites is 2. The molecule has 0 saturated carbocycles. The van der Waals surface area contributed by atoms with Crippen molar-refractivity contribution in [3.63, 3.8) is 0 Å². The fourth-order valence-electron chi connectivity index (χ4n) is 4.80. The lowest BCUT2D eigenvalue weighted by molar-refractivity contribution is 0.351. The van der Waals surface area contributed by atoms with Crippen LogP contribution in [0.5, 0.6) is 0 Å². The maximum absolute atomic E-state index is 12.8. The molecule has 4 aromatic rings. The third-order valence-corrected chi connectivity index (χ3v) is 7.08. The standard InChI is InChI=1S/C23H28N6O3S/c1-14-11-15(2)13-28(12-14)21-25-19-18(20(30)26-22(31)27(19)3)29(21)9-6-10-33-23-24-16-7-4-5-8-17(16)32-23/h4-5,7-8,14-15H,6,9-13H2,1-3H3,(H,26,30,31)/t14-,15+. The van der Waals surface area contributed by atoms with Gasteiger partial charge in [0.05, 0.1) is 0 Å². The second kappa shape index (κ2) is 8.74. The molecule has 0 unspecified atom stereocenters. The Labute approximate surface area is 194 Å². The van der Waals surface area contributed by atoms with E-state index in [0.717, 1.165) is 42.3 Å². The van der Waals surface area contributed by atoms with Crippen LogP contribution < -0.4 is 16.1 Å². The number of imidazole rings is 1. The van der Waals surface area contributed by atoms with Crippen LogP contribution >= 0.6 is 11.8 Å². The van der Waals surface area contributed by atoms with Gasteiger partial charge < -0.3 is 13.9 Å². The number of aromatic nitrogens is 5. The van der Waals surface area contributed by atoms with E-state index in [4.69, 9.17) is 9.40 Å². The lowest BCUT2D eigenvalue weighted by Gasteiger charge is -2.35. The first-order chi connectivity index (χ1) is 15.9. The zero-order valence-corrected chi connectivity index (χ0v) is 19.9. The number of anilines is 1. The van der Waals surface area contributed by atoms with Crippen LogP contribution in [0.25, 0.3) is 22.3 Å². The average molecular weight is 469 g/mol. The minimum absolute atomic E-state index is 0.392. The molecule has 4 heterocycles. The van der Waals surface area contributed by atoms with Crippen LogP contribution in [0.1, 0.15) is 26.7 Å². The molecule has 1 aliphatic rings. The highest BCUT2D eigenvalue weighted by Gasteiger charge is 2.27. The van der Waals surface area contributed by atoms with Gasteiger partial charge in [-0.3, -0.25) is 14.3 Å². The number of benzene rings is 1. The smallest absolute Gasteiger partial charge is 0.329 e. The fraction of sp³-hybridized carbons (Fsp3) is 0.478. The first-order valence-electron chi connectivity index (χ1n) is 11.3. The summed E-state index contributed by atoms with van der Waals surface area (Å²) in [7, 11) is 1.65. The van der Waals surface area contributed by atoms with Crippen molar-refractivity contribution in [1.29, 1.82) is 0 Å². The Balaban J connectivity index is 1.42. The molecule has 0 spiro atoms. The minimum Gasteiger partial charge on any atom is -0.431 e. The van der Waals surface area contributed by atoms with Gasteiger partial charge in [0.1, 0.15) is 5.52 Å². The average Bonchev–Trinajstić information content (AvgIpc) is 3.36. The zero-order chi connectivity index (χ0) is 23.1. The Kier molecular flexibility index (Phi) is 5.77. The van der Waals surface area contributed by atoms with Crippen molar-refractivity contribution in [2.75, 3.05) is 23.7 Å². The van der Waals surface area contributed by atoms with Gasteiger partial charge in [-0.25, -0.2) is 9.78 Å². The summed E-state index contributed by atoms with van der Waals surface area (Å²) in [5, 5.41) is 0.644. The second-order valence-corrected chi connectivity index (χ2v) is 10.1. The maximum atomic E-state index is 12.8. The third kappa shape index (κ3) is 4.19. The van der Waals surface area contributed by atoms with Crippen molar-refractivity contribution in [2.24, 2.45) is 18.9 Å². The number of piperidine rings is 1. The number of hydrogen-bond acceptors (Lipinski definition) is 7. The van der Waals surface area contributed by atoms with Crippen molar-refractivity contribution in [3.05, 3.63) is 45.1 Å². The van der Waals surface area contributed by atoms with E-state index in [0.29, 0.717) is 34.8 Å². The van der Waals surface area contributed by atoms with Crippen LogP contribution in [0.15, 0.2) is 43.5 Å². The topological polar surface area (TPSA) is 102 Å². The summed E-state index contributed by atoms with van der Waals surface area (Å²) in [6.45, 7) is 6.87. The Morgan fingerprint density at radius 2 is 1.91 bits per heavy atom. The Morgan fingerprint density at radius 3 is 2.67 bits per heavy atom. The normalized spacial score (nSPS) is 19.1. The third-order valence-electron chi connectivity index (χ3n) is 6.16. The van der Waals surface area contributed by atoms with E-state index in [1.807, 2.05) is 28.8 Å². The molecule has 5 rings (SSSR count). The van der Waals surface area contributed by atoms with E-state index in [2.05, 4.69) is 28.7 Å². The van der Waals surface area contributed by atoms with Crippen LogP contribution in [0.4, 0.5) is 5.95 Å². The summed E-state index contributed by atoms with van der Waals surface area (Å²) >= 11 is 1.56. The molecule has 1 aliphatic heterocycles. The van der Waals surface area contributed by atoms with E-state index in [1.165, 1.54) is 11.0 Å². The predicted octanol–water partition coefficient (Wildman–Crippen LogP) is 3.23. The summed E-state index contributed by atoms with van der Waals surface area (Å²) in [5.41, 5.74) is 1.67. The molecule has 3 aromatic heterocycles. The molecule has 0 radical (unpaired) electrons. The van der Waals surface area contributed by atoms with Gasteiger partial charge in [-0.15, -0.1) is 0 Å². The zero-order valence-electron chi connectivity index (χ0n) is 19.1. The van der Waals surface area contributed by atoms with Crippen LogP contribution in [-0.4, -0.2) is 42.9 Å². The highest BCUT2D eigenvalue weighted by molar-refractivity contribution is 7.99. The Bertz CT molecular complexity index is 1370. The minimum atomic E-state index is -0.449. The number of hydrogen-bond donors (Lipinski definition) is 1. The summed E-state index contributed by atoms with van der Waals surface area (Å²) in [4.78, 5) is 38.9. The van der Waals surface area contributed by atoms with Gasteiger partial charge in [0.25, 0.3) is 10.8 Å². The number of aryl methyl sites for hydroxylation is 2. The van der Waals surface area contributed by atoms with Crippen LogP contribution in [0.3, 0.4) is 0 Å². The van der Waals surface area contributed by atoms with Crippen molar-refractivity contribution < 1.29 is 4.42 Å². The van der Waals surface area contributed by atoms with Gasteiger partial charge in [0.15, 0.2) is 16.7 Å². The first kappa shape index (κ1) is 21.8. The van der Waals surface area contributed by atoms with E-state index >= 15 is 0 Å². The van der Waals surface area contributed by atoms with Crippen molar-refractivity contribution in [1.82, 2.24) is 24.1 Å². The van der Waals surface area contributed by atoms with E-state index in [1.54, 1.807) is 18.8 Å². The number of oxazole rings is 1. The fourth-order valence-corrected chi connectivity index (χ4v) is 5.56. The van der Waals surface area contributed by atoms with Gasteiger partial charge in [-0.05, 0) is 36.8 Å². The lowest BCUT2D eigenvalue weighted by atomic mass is 9.92. The molecule has 10 heteroatoms. The molecule has 0 amide bonds. The lowest BCUT2D eigenvalue weighted by Crippen LogP contribution is -2.40. The van der Waals surface area contributed by atoms with Gasteiger partial charge in [0, 0.05) is 32.4 Å². The molecule has 0 aliphatic carbocycles. The van der Waals surface area contributed by atoms with Gasteiger partial charge in [0.2, 0.25) is 5.95 Å². The van der Waals surface area contributed by atoms with Crippen molar-refractivity contribution in [3.8, 4) is 0 Å². The first-order valence-corrected chi connectivity index (χ1v) is 12.3. The number of fused-ring (bicyclic) bond motifs is 2. The number of thioether (sulfide) groups is 1. The number of rotatable bonds is 6. The number of nitrogens with zero attached hydrogens (tertiary/aromatic N) is 5. The number of H-pyrrole nitrogens is 1. The molecule has 33 heavy (non-hydrogen) atoms. The quantitative estimate of drug-likeness (QED) is 0.342. The van der Waals surface area contributed by atoms with Gasteiger partial charge in [-0.1, -0.05) is 37.7 Å². The molecular weight excluding hydrogens is 440 g/mol. The molecule has 2 atom stereocenters. The van der Waals surface area contributed by atoms with E-state index in [-0.39, 0.29) is 0 Å². The van der Waals surface area contributed by atoms with Crippen LogP contribution in [-0.2, 0) is 13.6 Å². The second-order valence-electron chi connectivity index (χ2n) is 9.05. The predicted molar refractivity (Wildman–Crippen MR) is 130 cm³/mol. The maximum Gasteiger partial charge on any atom is 0.329 e. The SMILES string of the molecule is C[C@@H]1C[C@H](C)CN(c2nc3c(c(=O)[nH]c(=O)n3C)n2CCCSc2nc3ccccc3o2)C1. The van der Waals surface area contributed by atoms with Crippen LogP contribution in [0.2, 0.25) is 0 Å². The van der Waals surface area contributed by atoms with Crippen molar-refractivity contribution in [2.45, 2.75) is 38.5 Å². The summed E-state index contributed by atoms with van der Waals surface area (Å²) < 4.78 is 9.19. The molecule has 174 valence electrons. The van der Waals surface area contributed by atoms with E-state index in [9.17, 15) is 9.59 Å². The van der Waals surface area contributed by atoms with Gasteiger partial charge >= 0.3 is 5.69 Å². The number of aromatic amines is 1.